The van der Waals surface area contributed by atoms with Crippen LogP contribution in [-0.2, 0) is 0 Å². The zero-order chi connectivity index (χ0) is 17.1. The van der Waals surface area contributed by atoms with Crippen LogP contribution in [-0.4, -0.2) is 20.9 Å². The first-order valence-corrected chi connectivity index (χ1v) is 7.43. The largest absolute Gasteiger partial charge is 0.360 e. The lowest BCUT2D eigenvalue weighted by atomic mass is 10.1. The molecule has 3 rings (SSSR count). The predicted octanol–water partition coefficient (Wildman–Crippen LogP) is 3.77. The smallest absolute Gasteiger partial charge is 0.175 e. The molecule has 0 saturated carbocycles. The maximum atomic E-state index is 11.3. The number of aromatic nitrogens is 3. The standard InChI is InChI=1S/C17H17N5O2/c1-10-8-17(22-24-10)21-16-9-15(18-12(3)19-16)20-14-6-4-13(5-7-14)11(2)23/h4-9H,1-3H3,(H2,18,19,20,21,22). The molecule has 0 amide bonds. The van der Waals surface area contributed by atoms with Gasteiger partial charge in [0.15, 0.2) is 11.6 Å². The molecule has 0 bridgehead atoms. The minimum Gasteiger partial charge on any atom is -0.360 e. The van der Waals surface area contributed by atoms with E-state index in [4.69, 9.17) is 4.52 Å². The Morgan fingerprint density at radius 1 is 0.958 bits per heavy atom. The van der Waals surface area contributed by atoms with Crippen LogP contribution in [0.5, 0.6) is 0 Å². The number of anilines is 4. The lowest BCUT2D eigenvalue weighted by molar-refractivity contribution is 0.101. The Bertz CT molecular complexity index is 871. The fraction of sp³-hybridized carbons (Fsp3) is 0.176. The molecule has 0 aliphatic heterocycles. The Morgan fingerprint density at radius 2 is 1.62 bits per heavy atom. The van der Waals surface area contributed by atoms with E-state index in [-0.39, 0.29) is 5.78 Å². The van der Waals surface area contributed by atoms with Gasteiger partial charge in [0.25, 0.3) is 0 Å². The number of nitrogens with zero attached hydrogens (tertiary/aromatic N) is 3. The van der Waals surface area contributed by atoms with Gasteiger partial charge in [0.2, 0.25) is 0 Å². The van der Waals surface area contributed by atoms with Gasteiger partial charge in [0, 0.05) is 23.4 Å². The Balaban J connectivity index is 1.79. The molecule has 0 radical (unpaired) electrons. The van der Waals surface area contributed by atoms with Crippen molar-refractivity contribution in [3.8, 4) is 0 Å². The number of ketones is 1. The number of carbonyl (C=O) groups is 1. The number of hydrogen-bond donors (Lipinski definition) is 2. The summed E-state index contributed by atoms with van der Waals surface area (Å²) in [6.07, 6.45) is 0. The highest BCUT2D eigenvalue weighted by Crippen LogP contribution is 2.20. The summed E-state index contributed by atoms with van der Waals surface area (Å²) < 4.78 is 5.02. The Hall–Kier alpha value is -3.22. The zero-order valence-corrected chi connectivity index (χ0v) is 13.6. The van der Waals surface area contributed by atoms with Crippen molar-refractivity contribution in [2.45, 2.75) is 20.8 Å². The average Bonchev–Trinajstić information content (AvgIpc) is 2.92. The highest BCUT2D eigenvalue weighted by Gasteiger charge is 2.06. The molecule has 2 N–H and O–H groups in total. The molecule has 7 heteroatoms. The molecule has 0 spiro atoms. The first kappa shape index (κ1) is 15.7. The van der Waals surface area contributed by atoms with Gasteiger partial charge in [-0.25, -0.2) is 9.97 Å². The number of carbonyl (C=O) groups excluding carboxylic acids is 1. The van der Waals surface area contributed by atoms with Gasteiger partial charge in [-0.2, -0.15) is 0 Å². The van der Waals surface area contributed by atoms with Crippen molar-refractivity contribution in [2.24, 2.45) is 0 Å². The van der Waals surface area contributed by atoms with E-state index in [0.717, 1.165) is 5.69 Å². The van der Waals surface area contributed by atoms with Crippen LogP contribution in [0.25, 0.3) is 0 Å². The first-order chi connectivity index (χ1) is 11.5. The van der Waals surface area contributed by atoms with E-state index in [1.807, 2.05) is 26.0 Å². The summed E-state index contributed by atoms with van der Waals surface area (Å²) in [6, 6.07) is 10.8. The Morgan fingerprint density at radius 3 is 2.21 bits per heavy atom. The van der Waals surface area contributed by atoms with Gasteiger partial charge in [-0.05, 0) is 45.0 Å². The minimum atomic E-state index is 0.0359. The lowest BCUT2D eigenvalue weighted by Gasteiger charge is -2.09. The highest BCUT2D eigenvalue weighted by atomic mass is 16.5. The number of nitrogens with one attached hydrogen (secondary N) is 2. The molecule has 0 unspecified atom stereocenters. The van der Waals surface area contributed by atoms with E-state index in [0.29, 0.717) is 34.6 Å². The second-order valence-corrected chi connectivity index (χ2v) is 5.39. The third-order valence-corrected chi connectivity index (χ3v) is 3.29. The van der Waals surface area contributed by atoms with Crippen LogP contribution in [0.1, 0.15) is 28.9 Å². The molecule has 0 aliphatic rings. The van der Waals surface area contributed by atoms with Crippen molar-refractivity contribution in [1.29, 1.82) is 0 Å². The van der Waals surface area contributed by atoms with Gasteiger partial charge < -0.3 is 15.2 Å². The summed E-state index contributed by atoms with van der Waals surface area (Å²) in [7, 11) is 0. The highest BCUT2D eigenvalue weighted by molar-refractivity contribution is 5.94. The van der Waals surface area contributed by atoms with Gasteiger partial charge in [-0.3, -0.25) is 4.79 Å². The van der Waals surface area contributed by atoms with Gasteiger partial charge in [-0.15, -0.1) is 0 Å². The lowest BCUT2D eigenvalue weighted by Crippen LogP contribution is -2.02. The normalized spacial score (nSPS) is 10.5. The van der Waals surface area contributed by atoms with E-state index in [1.165, 1.54) is 0 Å². The summed E-state index contributed by atoms with van der Waals surface area (Å²) in [5.74, 6) is 3.20. The number of rotatable bonds is 5. The number of aryl methyl sites for hydroxylation is 2. The van der Waals surface area contributed by atoms with Crippen LogP contribution in [0.15, 0.2) is 40.9 Å². The monoisotopic (exact) mass is 323 g/mol. The Labute approximate surface area is 139 Å². The van der Waals surface area contributed by atoms with Crippen molar-refractivity contribution in [3.05, 3.63) is 53.5 Å². The molecular weight excluding hydrogens is 306 g/mol. The van der Waals surface area contributed by atoms with Gasteiger partial charge in [-0.1, -0.05) is 5.16 Å². The maximum Gasteiger partial charge on any atom is 0.175 e. The Kier molecular flexibility index (Phi) is 4.24. The maximum absolute atomic E-state index is 11.3. The summed E-state index contributed by atoms with van der Waals surface area (Å²) >= 11 is 0. The SMILES string of the molecule is CC(=O)c1ccc(Nc2cc(Nc3cc(C)on3)nc(C)n2)cc1. The second-order valence-electron chi connectivity index (χ2n) is 5.39. The van der Waals surface area contributed by atoms with Crippen LogP contribution in [0, 0.1) is 13.8 Å². The average molecular weight is 323 g/mol. The second kappa shape index (κ2) is 6.49. The van der Waals surface area contributed by atoms with Crippen LogP contribution < -0.4 is 10.6 Å². The van der Waals surface area contributed by atoms with Gasteiger partial charge in [0.1, 0.15) is 23.2 Å². The van der Waals surface area contributed by atoms with Crippen molar-refractivity contribution in [2.75, 3.05) is 10.6 Å². The fourth-order valence-corrected chi connectivity index (χ4v) is 2.19. The van der Waals surface area contributed by atoms with E-state index in [1.54, 1.807) is 31.2 Å². The van der Waals surface area contributed by atoms with E-state index in [9.17, 15) is 4.79 Å². The molecule has 24 heavy (non-hydrogen) atoms. The van der Waals surface area contributed by atoms with E-state index < -0.39 is 0 Å². The molecule has 7 nitrogen and oxygen atoms in total. The third kappa shape index (κ3) is 3.75. The van der Waals surface area contributed by atoms with Crippen molar-refractivity contribution < 1.29 is 9.32 Å². The summed E-state index contributed by atoms with van der Waals surface area (Å²) in [6.45, 7) is 5.17. The molecule has 122 valence electrons. The molecule has 0 fully saturated rings. The summed E-state index contributed by atoms with van der Waals surface area (Å²) in [5.41, 5.74) is 1.50. The first-order valence-electron chi connectivity index (χ1n) is 7.43. The number of hydrogen-bond acceptors (Lipinski definition) is 7. The van der Waals surface area contributed by atoms with E-state index in [2.05, 4.69) is 25.8 Å². The van der Waals surface area contributed by atoms with Crippen LogP contribution in [0.4, 0.5) is 23.1 Å². The molecule has 0 aliphatic carbocycles. The molecule has 1 aromatic carbocycles. The predicted molar refractivity (Wildman–Crippen MR) is 91.0 cm³/mol. The zero-order valence-electron chi connectivity index (χ0n) is 13.6. The quantitative estimate of drug-likeness (QED) is 0.690. The van der Waals surface area contributed by atoms with Crippen molar-refractivity contribution in [1.82, 2.24) is 15.1 Å². The number of benzene rings is 1. The molecular formula is C17H17N5O2. The summed E-state index contributed by atoms with van der Waals surface area (Å²) in [5, 5.41) is 10.2. The van der Waals surface area contributed by atoms with E-state index >= 15 is 0 Å². The topological polar surface area (TPSA) is 92.9 Å². The van der Waals surface area contributed by atoms with Crippen molar-refractivity contribution >= 4 is 28.9 Å². The number of Topliss-reactive ketones (excluding diaryl/α,β-unsaturated/α-hetero) is 1. The molecule has 2 aromatic heterocycles. The van der Waals surface area contributed by atoms with Crippen LogP contribution >= 0.6 is 0 Å². The van der Waals surface area contributed by atoms with Crippen LogP contribution in [0.3, 0.4) is 0 Å². The molecule has 3 aromatic rings. The molecule has 0 atom stereocenters. The third-order valence-electron chi connectivity index (χ3n) is 3.29. The summed E-state index contributed by atoms with van der Waals surface area (Å²) in [4.78, 5) is 20.0. The minimum absolute atomic E-state index is 0.0359. The fourth-order valence-electron chi connectivity index (χ4n) is 2.19. The van der Waals surface area contributed by atoms with Gasteiger partial charge >= 0.3 is 0 Å². The molecule has 0 saturated heterocycles. The van der Waals surface area contributed by atoms with Gasteiger partial charge in [0.05, 0.1) is 0 Å². The van der Waals surface area contributed by atoms with Crippen molar-refractivity contribution in [3.63, 3.8) is 0 Å². The van der Waals surface area contributed by atoms with Crippen LogP contribution in [0.2, 0.25) is 0 Å². The molecule has 2 heterocycles.